The van der Waals surface area contributed by atoms with Crippen molar-refractivity contribution in [3.8, 4) is 0 Å². The summed E-state index contributed by atoms with van der Waals surface area (Å²) in [6.07, 6.45) is 3.78. The molecule has 0 bridgehead atoms. The van der Waals surface area contributed by atoms with Gasteiger partial charge in [0.15, 0.2) is 0 Å². The van der Waals surface area contributed by atoms with Crippen molar-refractivity contribution >= 4 is 23.8 Å². The van der Waals surface area contributed by atoms with Crippen LogP contribution in [0.15, 0.2) is 29.4 Å². The third-order valence-electron chi connectivity index (χ3n) is 1.45. The van der Waals surface area contributed by atoms with Gasteiger partial charge in [0, 0.05) is 19.0 Å². The van der Waals surface area contributed by atoms with Crippen molar-refractivity contribution in [1.82, 2.24) is 5.43 Å². The lowest BCUT2D eigenvalue weighted by atomic mass is 10.2. The molecule has 0 radical (unpaired) electrons. The summed E-state index contributed by atoms with van der Waals surface area (Å²) in [5, 5.41) is 3.93. The van der Waals surface area contributed by atoms with Gasteiger partial charge in [-0.1, -0.05) is 24.1 Å². The lowest BCUT2D eigenvalue weighted by molar-refractivity contribution is 0.908. The summed E-state index contributed by atoms with van der Waals surface area (Å²) in [5.74, 6) is 0. The molecule has 1 aromatic carbocycles. The van der Waals surface area contributed by atoms with E-state index in [1.807, 2.05) is 30.5 Å². The number of hydrazone groups is 1. The molecule has 0 unspecified atom stereocenters. The van der Waals surface area contributed by atoms with Crippen molar-refractivity contribution in [2.75, 3.05) is 18.0 Å². The van der Waals surface area contributed by atoms with Crippen LogP contribution in [0.2, 0.25) is 0 Å². The number of nitrogens with zero attached hydrogens (tertiary/aromatic N) is 1. The first-order valence-electron chi connectivity index (χ1n) is 3.95. The molecule has 0 aliphatic heterocycles. The fourth-order valence-electron chi connectivity index (χ4n) is 0.939. The molecule has 0 fully saturated rings. The zero-order valence-corrected chi connectivity index (χ0v) is 8.56. The molecule has 0 saturated carbocycles. The lowest BCUT2D eigenvalue weighted by Crippen LogP contribution is -1.95. The molecule has 0 saturated heterocycles. The standard InChI is InChI=1S/C9H13N3S/c1-10-11-7-8-4-3-5-9(6-8)12-13-2/h3-7,10,12H,1-2H3/b11-7+. The fourth-order valence-corrected chi connectivity index (χ4v) is 1.30. The minimum absolute atomic E-state index is 1.08. The second-order valence-electron chi connectivity index (χ2n) is 2.41. The molecular formula is C9H13N3S. The number of nitrogens with one attached hydrogen (secondary N) is 2. The molecule has 13 heavy (non-hydrogen) atoms. The van der Waals surface area contributed by atoms with Gasteiger partial charge >= 0.3 is 0 Å². The molecule has 0 spiro atoms. The van der Waals surface area contributed by atoms with E-state index in [-0.39, 0.29) is 0 Å². The highest BCUT2D eigenvalue weighted by Gasteiger charge is 1.91. The van der Waals surface area contributed by atoms with Gasteiger partial charge in [0.1, 0.15) is 0 Å². The summed E-state index contributed by atoms with van der Waals surface area (Å²) < 4.78 is 3.16. The smallest absolute Gasteiger partial charge is 0.0541 e. The molecule has 1 aromatic rings. The van der Waals surface area contributed by atoms with Crippen molar-refractivity contribution < 1.29 is 0 Å². The molecule has 3 nitrogen and oxygen atoms in total. The van der Waals surface area contributed by atoms with Gasteiger partial charge in [0.2, 0.25) is 0 Å². The van der Waals surface area contributed by atoms with Crippen LogP contribution in [0.1, 0.15) is 5.56 Å². The van der Waals surface area contributed by atoms with Crippen LogP contribution in [-0.2, 0) is 0 Å². The third kappa shape index (κ3) is 3.38. The van der Waals surface area contributed by atoms with Gasteiger partial charge < -0.3 is 10.1 Å². The van der Waals surface area contributed by atoms with E-state index >= 15 is 0 Å². The van der Waals surface area contributed by atoms with Crippen molar-refractivity contribution in [1.29, 1.82) is 0 Å². The molecule has 1 rings (SSSR count). The van der Waals surface area contributed by atoms with Gasteiger partial charge in [0.05, 0.1) is 6.21 Å². The van der Waals surface area contributed by atoms with Crippen LogP contribution in [0.4, 0.5) is 5.69 Å². The first-order chi connectivity index (χ1) is 6.36. The molecule has 0 aliphatic carbocycles. The maximum absolute atomic E-state index is 3.93. The Balaban J connectivity index is 2.73. The van der Waals surface area contributed by atoms with Crippen LogP contribution in [0.3, 0.4) is 0 Å². The van der Waals surface area contributed by atoms with Gasteiger partial charge in [-0.05, 0) is 17.7 Å². The molecule has 0 heterocycles. The van der Waals surface area contributed by atoms with Crippen LogP contribution in [-0.4, -0.2) is 19.5 Å². The molecule has 70 valence electrons. The van der Waals surface area contributed by atoms with E-state index in [1.54, 1.807) is 25.2 Å². The first kappa shape index (κ1) is 9.92. The maximum atomic E-state index is 3.93. The zero-order chi connectivity index (χ0) is 9.52. The average Bonchev–Trinajstić information content (AvgIpc) is 2.16. The highest BCUT2D eigenvalue weighted by Crippen LogP contribution is 2.11. The monoisotopic (exact) mass is 195 g/mol. The number of hydrogen-bond donors (Lipinski definition) is 2. The van der Waals surface area contributed by atoms with E-state index in [4.69, 9.17) is 0 Å². The molecule has 0 amide bonds. The zero-order valence-electron chi connectivity index (χ0n) is 7.74. The molecule has 0 atom stereocenters. The maximum Gasteiger partial charge on any atom is 0.0541 e. The van der Waals surface area contributed by atoms with Crippen LogP contribution >= 0.6 is 11.9 Å². The van der Waals surface area contributed by atoms with Crippen molar-refractivity contribution in [2.45, 2.75) is 0 Å². The number of hydrogen-bond acceptors (Lipinski definition) is 4. The Bertz CT molecular complexity index is 286. The molecular weight excluding hydrogens is 182 g/mol. The summed E-state index contributed by atoms with van der Waals surface area (Å²) >= 11 is 1.58. The lowest BCUT2D eigenvalue weighted by Gasteiger charge is -2.01. The molecule has 0 aliphatic rings. The Labute approximate surface area is 82.7 Å². The van der Waals surface area contributed by atoms with E-state index in [2.05, 4.69) is 15.2 Å². The quantitative estimate of drug-likeness (QED) is 0.438. The van der Waals surface area contributed by atoms with E-state index in [0.717, 1.165) is 11.3 Å². The third-order valence-corrected chi connectivity index (χ3v) is 1.89. The van der Waals surface area contributed by atoms with E-state index in [9.17, 15) is 0 Å². The summed E-state index contributed by atoms with van der Waals surface area (Å²) in [6.45, 7) is 0. The summed E-state index contributed by atoms with van der Waals surface area (Å²) in [6, 6.07) is 8.06. The van der Waals surface area contributed by atoms with Crippen LogP contribution in [0.5, 0.6) is 0 Å². The van der Waals surface area contributed by atoms with Crippen molar-refractivity contribution in [3.63, 3.8) is 0 Å². The first-order valence-corrected chi connectivity index (χ1v) is 5.18. The van der Waals surface area contributed by atoms with Crippen molar-refractivity contribution in [2.24, 2.45) is 5.10 Å². The Morgan fingerprint density at radius 2 is 2.31 bits per heavy atom. The van der Waals surface area contributed by atoms with Crippen LogP contribution in [0, 0.1) is 0 Å². The normalized spacial score (nSPS) is 10.3. The van der Waals surface area contributed by atoms with Crippen LogP contribution in [0.25, 0.3) is 0 Å². The minimum Gasteiger partial charge on any atom is -0.330 e. The summed E-state index contributed by atoms with van der Waals surface area (Å²) in [5.41, 5.74) is 4.88. The second-order valence-corrected chi connectivity index (χ2v) is 3.03. The molecule has 2 N–H and O–H groups in total. The van der Waals surface area contributed by atoms with Crippen LogP contribution < -0.4 is 10.1 Å². The Hall–Kier alpha value is -1.16. The fraction of sp³-hybridized carbons (Fsp3) is 0.222. The van der Waals surface area contributed by atoms with Gasteiger partial charge in [0.25, 0.3) is 0 Å². The molecule has 0 aromatic heterocycles. The predicted molar refractivity (Wildman–Crippen MR) is 60.2 cm³/mol. The van der Waals surface area contributed by atoms with E-state index in [1.165, 1.54) is 0 Å². The summed E-state index contributed by atoms with van der Waals surface area (Å²) in [7, 11) is 1.78. The van der Waals surface area contributed by atoms with Gasteiger partial charge in [-0.2, -0.15) is 5.10 Å². The van der Waals surface area contributed by atoms with E-state index in [0.29, 0.717) is 0 Å². The molecule has 4 heteroatoms. The van der Waals surface area contributed by atoms with Gasteiger partial charge in [-0.25, -0.2) is 0 Å². The number of benzene rings is 1. The average molecular weight is 195 g/mol. The predicted octanol–water partition coefficient (Wildman–Crippen LogP) is 1.93. The highest BCUT2D eigenvalue weighted by atomic mass is 32.2. The second kappa shape index (κ2) is 5.48. The van der Waals surface area contributed by atoms with E-state index < -0.39 is 0 Å². The highest BCUT2D eigenvalue weighted by molar-refractivity contribution is 7.99. The Morgan fingerprint density at radius 1 is 1.46 bits per heavy atom. The SMILES string of the molecule is CN/N=C/c1cccc(NSC)c1. The number of rotatable bonds is 4. The van der Waals surface area contributed by atoms with Gasteiger partial charge in [-0.3, -0.25) is 0 Å². The topological polar surface area (TPSA) is 36.4 Å². The Kier molecular flexibility index (Phi) is 4.18. The Morgan fingerprint density at radius 3 is 3.00 bits per heavy atom. The largest absolute Gasteiger partial charge is 0.330 e. The number of anilines is 1. The minimum atomic E-state index is 1.08. The van der Waals surface area contributed by atoms with Crippen molar-refractivity contribution in [3.05, 3.63) is 29.8 Å². The van der Waals surface area contributed by atoms with Gasteiger partial charge in [-0.15, -0.1) is 0 Å². The summed E-state index contributed by atoms with van der Waals surface area (Å²) in [4.78, 5) is 0.